The zero-order valence-corrected chi connectivity index (χ0v) is 16.9. The van der Waals surface area contributed by atoms with Gasteiger partial charge in [-0.2, -0.15) is 0 Å². The number of rotatable bonds is 8. The van der Waals surface area contributed by atoms with Crippen LogP contribution in [0.1, 0.15) is 38.5 Å². The lowest BCUT2D eigenvalue weighted by Crippen LogP contribution is -2.08. The maximum atomic E-state index is 14.7. The number of benzene rings is 1. The van der Waals surface area contributed by atoms with Gasteiger partial charge in [-0.25, -0.2) is 13.8 Å². The Hall–Kier alpha value is -2.15. The van der Waals surface area contributed by atoms with Crippen LogP contribution < -0.4 is 5.32 Å². The Kier molecular flexibility index (Phi) is 6.04. The molecule has 2 unspecified atom stereocenters. The van der Waals surface area contributed by atoms with E-state index in [9.17, 15) is 13.6 Å². The molecule has 7 heteroatoms. The largest absolute Gasteiger partial charge is 0.481 e. The van der Waals surface area contributed by atoms with Gasteiger partial charge in [0, 0.05) is 23.6 Å². The van der Waals surface area contributed by atoms with Crippen molar-refractivity contribution < 1.29 is 18.7 Å². The van der Waals surface area contributed by atoms with Gasteiger partial charge in [-0.05, 0) is 55.4 Å². The number of aliphatic carboxylic acids is 1. The van der Waals surface area contributed by atoms with E-state index in [1.165, 1.54) is 25.0 Å². The van der Waals surface area contributed by atoms with Crippen molar-refractivity contribution in [1.29, 1.82) is 0 Å². The van der Waals surface area contributed by atoms with Gasteiger partial charge in [0.15, 0.2) is 0 Å². The predicted octanol–water partition coefficient (Wildman–Crippen LogP) is 5.58. The van der Waals surface area contributed by atoms with Crippen LogP contribution in [0.2, 0.25) is 0 Å². The predicted molar refractivity (Wildman–Crippen MR) is 110 cm³/mol. The molecule has 4 rings (SSSR count). The molecular formula is C22H24F2N2O2S. The van der Waals surface area contributed by atoms with E-state index in [2.05, 4.69) is 10.3 Å². The van der Waals surface area contributed by atoms with Crippen LogP contribution in [-0.4, -0.2) is 27.9 Å². The number of carboxylic acid groups (broad SMARTS) is 1. The highest BCUT2D eigenvalue weighted by atomic mass is 32.2. The van der Waals surface area contributed by atoms with Crippen LogP contribution in [0, 0.1) is 23.5 Å². The van der Waals surface area contributed by atoms with Gasteiger partial charge in [-0.3, -0.25) is 4.79 Å². The molecule has 0 bridgehead atoms. The van der Waals surface area contributed by atoms with Gasteiger partial charge in [0.25, 0.3) is 0 Å². The summed E-state index contributed by atoms with van der Waals surface area (Å²) in [7, 11) is 0. The summed E-state index contributed by atoms with van der Waals surface area (Å²) in [5.74, 6) is -2.30. The summed E-state index contributed by atoms with van der Waals surface area (Å²) >= 11 is 1.70. The van der Waals surface area contributed by atoms with E-state index >= 15 is 0 Å². The van der Waals surface area contributed by atoms with Crippen molar-refractivity contribution >= 4 is 23.4 Å². The summed E-state index contributed by atoms with van der Waals surface area (Å²) in [6.07, 6.45) is 7.68. The molecule has 2 aliphatic rings. The third kappa shape index (κ3) is 4.71. The Morgan fingerprint density at radius 2 is 1.97 bits per heavy atom. The van der Waals surface area contributed by atoms with Crippen LogP contribution in [0.4, 0.5) is 14.5 Å². The van der Waals surface area contributed by atoms with Gasteiger partial charge in [-0.15, -0.1) is 11.8 Å². The number of anilines is 1. The molecular weight excluding hydrogens is 394 g/mol. The van der Waals surface area contributed by atoms with Crippen molar-refractivity contribution in [2.24, 2.45) is 11.8 Å². The molecule has 154 valence electrons. The van der Waals surface area contributed by atoms with E-state index in [0.29, 0.717) is 30.2 Å². The topological polar surface area (TPSA) is 62.2 Å². The van der Waals surface area contributed by atoms with Crippen molar-refractivity contribution in [3.8, 4) is 11.1 Å². The number of carbonyl (C=O) groups is 1. The Morgan fingerprint density at radius 3 is 2.62 bits per heavy atom. The lowest BCUT2D eigenvalue weighted by Gasteiger charge is -2.14. The minimum Gasteiger partial charge on any atom is -0.481 e. The van der Waals surface area contributed by atoms with Gasteiger partial charge >= 0.3 is 5.97 Å². The highest BCUT2D eigenvalue weighted by molar-refractivity contribution is 8.00. The number of aromatic nitrogens is 1. The molecule has 1 aromatic heterocycles. The van der Waals surface area contributed by atoms with E-state index < -0.39 is 17.6 Å². The average molecular weight is 419 g/mol. The van der Waals surface area contributed by atoms with Gasteiger partial charge in [0.1, 0.15) is 22.3 Å². The minimum atomic E-state index is -0.792. The third-order valence-electron chi connectivity index (χ3n) is 5.76. The normalized spacial score (nSPS) is 21.3. The molecule has 2 saturated carbocycles. The summed E-state index contributed by atoms with van der Waals surface area (Å²) < 4.78 is 29.3. The summed E-state index contributed by atoms with van der Waals surface area (Å²) in [5, 5.41) is 13.1. The second kappa shape index (κ2) is 8.69. The molecule has 0 saturated heterocycles. The lowest BCUT2D eigenvalue weighted by atomic mass is 10.1. The standard InChI is InChI=1S/C22H24F2N2O2S/c23-18-11-14(16-6-3-8-26-21(16)29-15-4-1-2-5-15)12-19(24)20(18)25-9-7-13-10-17(13)22(27)28/h3,6,8,11-13,15,17,25H,1-2,4-5,7,9-10H2,(H,27,28). The number of nitrogens with one attached hydrogen (secondary N) is 1. The van der Waals surface area contributed by atoms with E-state index in [1.54, 1.807) is 24.0 Å². The fraction of sp³-hybridized carbons (Fsp3) is 0.455. The molecule has 2 N–H and O–H groups in total. The molecule has 1 heterocycles. The van der Waals surface area contributed by atoms with Crippen LogP contribution in [0.5, 0.6) is 0 Å². The Labute approximate surface area is 173 Å². The molecule has 2 atom stereocenters. The molecule has 2 aromatic rings. The molecule has 29 heavy (non-hydrogen) atoms. The molecule has 0 aliphatic heterocycles. The van der Waals surface area contributed by atoms with Crippen LogP contribution in [0.15, 0.2) is 35.5 Å². The van der Waals surface area contributed by atoms with Gasteiger partial charge < -0.3 is 10.4 Å². The minimum absolute atomic E-state index is 0.0935. The zero-order chi connectivity index (χ0) is 20.4. The first kappa shape index (κ1) is 20.1. The summed E-state index contributed by atoms with van der Waals surface area (Å²) in [6.45, 7) is 0.345. The van der Waals surface area contributed by atoms with E-state index in [0.717, 1.165) is 23.4 Å². The Morgan fingerprint density at radius 1 is 1.24 bits per heavy atom. The number of thioether (sulfide) groups is 1. The van der Waals surface area contributed by atoms with Crippen LogP contribution in [0.3, 0.4) is 0 Å². The number of hydrogen-bond donors (Lipinski definition) is 2. The second-order valence-electron chi connectivity index (χ2n) is 7.85. The van der Waals surface area contributed by atoms with Crippen molar-refractivity contribution in [2.45, 2.75) is 48.8 Å². The van der Waals surface area contributed by atoms with Gasteiger partial charge in [0.2, 0.25) is 0 Å². The number of pyridine rings is 1. The van der Waals surface area contributed by atoms with E-state index in [-0.39, 0.29) is 17.5 Å². The van der Waals surface area contributed by atoms with Gasteiger partial charge in [0.05, 0.1) is 5.92 Å². The maximum Gasteiger partial charge on any atom is 0.306 e. The molecule has 0 amide bonds. The fourth-order valence-corrected chi connectivity index (χ4v) is 5.34. The summed E-state index contributed by atoms with van der Waals surface area (Å²) in [4.78, 5) is 15.3. The van der Waals surface area contributed by atoms with Crippen LogP contribution in [-0.2, 0) is 4.79 Å². The fourth-order valence-electron chi connectivity index (χ4n) is 4.02. The van der Waals surface area contributed by atoms with Gasteiger partial charge in [-0.1, -0.05) is 18.9 Å². The number of carboxylic acids is 1. The Balaban J connectivity index is 1.46. The molecule has 2 fully saturated rings. The van der Waals surface area contributed by atoms with Crippen LogP contribution >= 0.6 is 11.8 Å². The first-order valence-corrected chi connectivity index (χ1v) is 11.0. The average Bonchev–Trinajstić information content (AvgIpc) is 3.30. The van der Waals surface area contributed by atoms with Crippen molar-refractivity contribution in [3.63, 3.8) is 0 Å². The number of halogens is 2. The monoisotopic (exact) mass is 418 g/mol. The molecule has 1 aromatic carbocycles. The second-order valence-corrected chi connectivity index (χ2v) is 9.14. The van der Waals surface area contributed by atoms with Crippen molar-refractivity contribution in [3.05, 3.63) is 42.1 Å². The smallest absolute Gasteiger partial charge is 0.306 e. The van der Waals surface area contributed by atoms with E-state index in [1.807, 2.05) is 6.07 Å². The van der Waals surface area contributed by atoms with Crippen molar-refractivity contribution in [2.75, 3.05) is 11.9 Å². The molecule has 0 spiro atoms. The SMILES string of the molecule is O=C(O)C1CC1CCNc1c(F)cc(-c2cccnc2SC2CCCC2)cc1F. The lowest BCUT2D eigenvalue weighted by molar-refractivity contribution is -0.138. The molecule has 2 aliphatic carbocycles. The number of nitrogens with zero attached hydrogens (tertiary/aromatic N) is 1. The molecule has 0 radical (unpaired) electrons. The highest BCUT2D eigenvalue weighted by Gasteiger charge is 2.42. The first-order chi connectivity index (χ1) is 14.0. The first-order valence-electron chi connectivity index (χ1n) is 10.1. The zero-order valence-electron chi connectivity index (χ0n) is 16.0. The highest BCUT2D eigenvalue weighted by Crippen LogP contribution is 2.42. The quantitative estimate of drug-likeness (QED) is 0.586. The summed E-state index contributed by atoms with van der Waals surface area (Å²) in [6, 6.07) is 6.33. The molecule has 4 nitrogen and oxygen atoms in total. The van der Waals surface area contributed by atoms with Crippen LogP contribution in [0.25, 0.3) is 11.1 Å². The summed E-state index contributed by atoms with van der Waals surface area (Å²) in [5.41, 5.74) is 1.07. The van der Waals surface area contributed by atoms with E-state index in [4.69, 9.17) is 5.11 Å². The third-order valence-corrected chi connectivity index (χ3v) is 7.11. The van der Waals surface area contributed by atoms with Crippen molar-refractivity contribution in [1.82, 2.24) is 4.98 Å². The maximum absolute atomic E-state index is 14.7. The Bertz CT molecular complexity index is 879. The number of hydrogen-bond acceptors (Lipinski definition) is 4.